The zero-order valence-corrected chi connectivity index (χ0v) is 15.0. The molecule has 0 spiro atoms. The number of hydrogen-bond acceptors (Lipinski definition) is 4. The Morgan fingerprint density at radius 3 is 2.61 bits per heavy atom. The molecule has 23 heavy (non-hydrogen) atoms. The molecule has 0 aliphatic heterocycles. The first-order valence-corrected chi connectivity index (χ1v) is 8.11. The third kappa shape index (κ3) is 4.95. The van der Waals surface area contributed by atoms with Crippen LogP contribution in [0.5, 0.6) is 11.5 Å². The molecular weight excluding hydrogens is 407 g/mol. The molecule has 0 fully saturated rings. The molecule has 5 nitrogen and oxygen atoms in total. The van der Waals surface area contributed by atoms with Crippen molar-refractivity contribution in [3.05, 3.63) is 57.2 Å². The number of nitrogens with one attached hydrogen (secondary N) is 1. The molecule has 2 aromatic rings. The van der Waals surface area contributed by atoms with E-state index in [0.717, 1.165) is 20.6 Å². The molecule has 0 bridgehead atoms. The second kappa shape index (κ2) is 8.52. The Morgan fingerprint density at radius 1 is 1.26 bits per heavy atom. The third-order valence-electron chi connectivity index (χ3n) is 2.98. The fourth-order valence-electron chi connectivity index (χ4n) is 1.85. The lowest BCUT2D eigenvalue weighted by molar-refractivity contribution is 0.0955. The number of rotatable bonds is 6. The van der Waals surface area contributed by atoms with E-state index in [2.05, 4.69) is 33.1 Å². The van der Waals surface area contributed by atoms with Crippen molar-refractivity contribution in [3.63, 3.8) is 0 Å². The topological polar surface area (TPSA) is 59.9 Å². The van der Waals surface area contributed by atoms with Crippen LogP contribution in [0.15, 0.2) is 47.6 Å². The van der Waals surface area contributed by atoms with Crippen molar-refractivity contribution >= 4 is 34.7 Å². The van der Waals surface area contributed by atoms with Gasteiger partial charge in [0, 0.05) is 5.56 Å². The predicted molar refractivity (Wildman–Crippen MR) is 98.4 cm³/mol. The van der Waals surface area contributed by atoms with Gasteiger partial charge >= 0.3 is 0 Å². The molecule has 1 N–H and O–H groups in total. The first-order valence-electron chi connectivity index (χ1n) is 7.04. The molecule has 120 valence electrons. The standard InChI is InChI=1S/C17H17IN2O3/c1-3-23-14-7-4-12(5-8-14)11-19-20-17(21)13-6-9-16(22-2)15(18)10-13/h4-11H,3H2,1-2H3,(H,20,21). The summed E-state index contributed by atoms with van der Waals surface area (Å²) in [5, 5.41) is 3.97. The van der Waals surface area contributed by atoms with E-state index in [1.165, 1.54) is 0 Å². The van der Waals surface area contributed by atoms with Crippen LogP contribution in [0.2, 0.25) is 0 Å². The van der Waals surface area contributed by atoms with E-state index in [1.807, 2.05) is 31.2 Å². The average Bonchev–Trinajstić information content (AvgIpc) is 2.56. The van der Waals surface area contributed by atoms with Crippen LogP contribution >= 0.6 is 22.6 Å². The quantitative estimate of drug-likeness (QED) is 0.439. The Kier molecular flexibility index (Phi) is 6.40. The summed E-state index contributed by atoms with van der Waals surface area (Å²) in [6.07, 6.45) is 1.59. The minimum Gasteiger partial charge on any atom is -0.496 e. The second-order valence-electron chi connectivity index (χ2n) is 4.55. The number of hydrazone groups is 1. The minimum absolute atomic E-state index is 0.271. The fraction of sp³-hybridized carbons (Fsp3) is 0.176. The number of methoxy groups -OCH3 is 1. The lowest BCUT2D eigenvalue weighted by atomic mass is 10.2. The van der Waals surface area contributed by atoms with Crippen molar-refractivity contribution in [2.45, 2.75) is 6.92 Å². The maximum absolute atomic E-state index is 12.0. The monoisotopic (exact) mass is 424 g/mol. The van der Waals surface area contributed by atoms with Gasteiger partial charge in [0.15, 0.2) is 0 Å². The Bertz CT molecular complexity index is 699. The van der Waals surface area contributed by atoms with E-state index in [0.29, 0.717) is 12.2 Å². The van der Waals surface area contributed by atoms with Gasteiger partial charge in [-0.3, -0.25) is 4.79 Å². The summed E-state index contributed by atoms with van der Waals surface area (Å²) in [6, 6.07) is 12.7. The second-order valence-corrected chi connectivity index (χ2v) is 5.71. The Hall–Kier alpha value is -2.09. The fourth-order valence-corrected chi connectivity index (χ4v) is 2.59. The zero-order chi connectivity index (χ0) is 16.7. The zero-order valence-electron chi connectivity index (χ0n) is 12.9. The van der Waals surface area contributed by atoms with Crippen molar-refractivity contribution in [1.29, 1.82) is 0 Å². The molecule has 6 heteroatoms. The normalized spacial score (nSPS) is 10.6. The highest BCUT2D eigenvalue weighted by Gasteiger charge is 2.07. The van der Waals surface area contributed by atoms with Gasteiger partial charge in [0.1, 0.15) is 11.5 Å². The molecule has 0 radical (unpaired) electrons. The van der Waals surface area contributed by atoms with Gasteiger partial charge in [0.25, 0.3) is 5.91 Å². The third-order valence-corrected chi connectivity index (χ3v) is 3.83. The van der Waals surface area contributed by atoms with E-state index < -0.39 is 0 Å². The average molecular weight is 424 g/mol. The molecule has 0 aromatic heterocycles. The van der Waals surface area contributed by atoms with Crippen LogP contribution in [0.4, 0.5) is 0 Å². The number of carbonyl (C=O) groups is 1. The molecule has 2 rings (SSSR count). The van der Waals surface area contributed by atoms with Crippen molar-refractivity contribution in [3.8, 4) is 11.5 Å². The van der Waals surface area contributed by atoms with E-state index in [-0.39, 0.29) is 5.91 Å². The molecule has 0 atom stereocenters. The lowest BCUT2D eigenvalue weighted by Gasteiger charge is -2.05. The van der Waals surface area contributed by atoms with Gasteiger partial charge in [-0.05, 0) is 77.5 Å². The van der Waals surface area contributed by atoms with Crippen LogP contribution < -0.4 is 14.9 Å². The molecule has 1 amide bonds. The molecule has 0 saturated heterocycles. The van der Waals surface area contributed by atoms with Crippen LogP contribution in [0.25, 0.3) is 0 Å². The summed E-state index contributed by atoms with van der Waals surface area (Å²) in [5.41, 5.74) is 3.91. The number of benzene rings is 2. The molecule has 0 aliphatic rings. The highest BCUT2D eigenvalue weighted by molar-refractivity contribution is 14.1. The maximum atomic E-state index is 12.0. The summed E-state index contributed by atoms with van der Waals surface area (Å²) in [4.78, 5) is 12.0. The number of amides is 1. The van der Waals surface area contributed by atoms with Crippen molar-refractivity contribution in [2.75, 3.05) is 13.7 Å². The SMILES string of the molecule is CCOc1ccc(C=NNC(=O)c2ccc(OC)c(I)c2)cc1. The molecular formula is C17H17IN2O3. The smallest absolute Gasteiger partial charge is 0.271 e. The summed E-state index contributed by atoms with van der Waals surface area (Å²) in [7, 11) is 1.60. The minimum atomic E-state index is -0.271. The Morgan fingerprint density at radius 2 is 2.00 bits per heavy atom. The summed E-state index contributed by atoms with van der Waals surface area (Å²) >= 11 is 2.12. The molecule has 0 aliphatic carbocycles. The van der Waals surface area contributed by atoms with Crippen molar-refractivity contribution in [1.82, 2.24) is 5.43 Å². The Labute approximate surface area is 148 Å². The van der Waals surface area contributed by atoms with Crippen molar-refractivity contribution < 1.29 is 14.3 Å². The number of ether oxygens (including phenoxy) is 2. The van der Waals surface area contributed by atoms with E-state index in [1.54, 1.807) is 31.5 Å². The Balaban J connectivity index is 1.96. The first-order chi connectivity index (χ1) is 11.1. The lowest BCUT2D eigenvalue weighted by Crippen LogP contribution is -2.17. The predicted octanol–water partition coefficient (Wildman–Crippen LogP) is 3.46. The van der Waals surface area contributed by atoms with Gasteiger partial charge in [-0.25, -0.2) is 5.43 Å². The van der Waals surface area contributed by atoms with Gasteiger partial charge in [-0.1, -0.05) is 0 Å². The van der Waals surface area contributed by atoms with E-state index in [9.17, 15) is 4.79 Å². The van der Waals surface area contributed by atoms with Gasteiger partial charge in [-0.15, -0.1) is 0 Å². The number of carbonyl (C=O) groups excluding carboxylic acids is 1. The number of halogens is 1. The van der Waals surface area contributed by atoms with E-state index in [4.69, 9.17) is 9.47 Å². The summed E-state index contributed by atoms with van der Waals surface area (Å²) in [5.74, 6) is 1.27. The van der Waals surface area contributed by atoms with Gasteiger partial charge in [0.05, 0.1) is 23.5 Å². The van der Waals surface area contributed by atoms with E-state index >= 15 is 0 Å². The van der Waals surface area contributed by atoms with Crippen LogP contribution in [0.3, 0.4) is 0 Å². The van der Waals surface area contributed by atoms with Gasteiger partial charge in [-0.2, -0.15) is 5.10 Å². The van der Waals surface area contributed by atoms with Gasteiger partial charge in [0.2, 0.25) is 0 Å². The van der Waals surface area contributed by atoms with Crippen LogP contribution in [-0.2, 0) is 0 Å². The number of nitrogens with zero attached hydrogens (tertiary/aromatic N) is 1. The molecule has 0 heterocycles. The summed E-state index contributed by atoms with van der Waals surface area (Å²) < 4.78 is 11.4. The highest BCUT2D eigenvalue weighted by Crippen LogP contribution is 2.21. The molecule has 0 saturated carbocycles. The van der Waals surface area contributed by atoms with Crippen LogP contribution in [0.1, 0.15) is 22.8 Å². The largest absolute Gasteiger partial charge is 0.496 e. The highest BCUT2D eigenvalue weighted by atomic mass is 127. The maximum Gasteiger partial charge on any atom is 0.271 e. The van der Waals surface area contributed by atoms with Crippen molar-refractivity contribution in [2.24, 2.45) is 5.10 Å². The number of hydrogen-bond donors (Lipinski definition) is 1. The molecule has 0 unspecified atom stereocenters. The first kappa shape index (κ1) is 17.3. The molecule has 2 aromatic carbocycles. The van der Waals surface area contributed by atoms with Crippen LogP contribution in [-0.4, -0.2) is 25.8 Å². The van der Waals surface area contributed by atoms with Gasteiger partial charge < -0.3 is 9.47 Å². The van der Waals surface area contributed by atoms with Crippen LogP contribution in [0, 0.1) is 3.57 Å². The summed E-state index contributed by atoms with van der Waals surface area (Å²) in [6.45, 7) is 2.56.